The minimum atomic E-state index is -0.160. The number of nitrogens with zero attached hydrogens (tertiary/aromatic N) is 2. The SMILES string of the molecule is CCN(C)C(C(=O)N1CCC(NCC2CC2)CC1)c1ccccc1. The fraction of sp³-hybridized carbons (Fsp3) is 0.650. The third-order valence-corrected chi connectivity index (χ3v) is 5.49. The number of carbonyl (C=O) groups is 1. The summed E-state index contributed by atoms with van der Waals surface area (Å²) < 4.78 is 0. The molecule has 1 unspecified atom stereocenters. The van der Waals surface area contributed by atoms with Gasteiger partial charge in [0.2, 0.25) is 5.91 Å². The molecule has 1 saturated heterocycles. The van der Waals surface area contributed by atoms with Crippen molar-refractivity contribution >= 4 is 5.91 Å². The number of piperidine rings is 1. The number of carbonyl (C=O) groups excluding carboxylic acids is 1. The van der Waals surface area contributed by atoms with Crippen LogP contribution in [0.4, 0.5) is 0 Å². The summed E-state index contributed by atoms with van der Waals surface area (Å²) in [6.07, 6.45) is 4.95. The van der Waals surface area contributed by atoms with E-state index in [0.29, 0.717) is 6.04 Å². The molecule has 2 aliphatic rings. The predicted molar refractivity (Wildman–Crippen MR) is 97.8 cm³/mol. The Balaban J connectivity index is 1.58. The highest BCUT2D eigenvalue weighted by molar-refractivity contribution is 5.83. The number of rotatable bonds is 7. The molecule has 0 aromatic heterocycles. The minimum Gasteiger partial charge on any atom is -0.341 e. The third-order valence-electron chi connectivity index (χ3n) is 5.49. The quantitative estimate of drug-likeness (QED) is 0.835. The Hall–Kier alpha value is -1.39. The van der Waals surface area contributed by atoms with Gasteiger partial charge < -0.3 is 10.2 Å². The van der Waals surface area contributed by atoms with Gasteiger partial charge >= 0.3 is 0 Å². The molecule has 1 N–H and O–H groups in total. The largest absolute Gasteiger partial charge is 0.341 e. The molecule has 1 saturated carbocycles. The van der Waals surface area contributed by atoms with Crippen molar-refractivity contribution in [2.45, 2.75) is 44.7 Å². The number of hydrogen-bond acceptors (Lipinski definition) is 3. The Morgan fingerprint density at radius 3 is 2.46 bits per heavy atom. The van der Waals surface area contributed by atoms with Crippen molar-refractivity contribution in [1.29, 1.82) is 0 Å². The van der Waals surface area contributed by atoms with Crippen LogP contribution >= 0.6 is 0 Å². The highest BCUT2D eigenvalue weighted by Gasteiger charge is 2.31. The first-order chi connectivity index (χ1) is 11.7. The lowest BCUT2D eigenvalue weighted by Gasteiger charge is -2.37. The van der Waals surface area contributed by atoms with E-state index < -0.39 is 0 Å². The normalized spacial score (nSPS) is 20.4. The average molecular weight is 329 g/mol. The second-order valence-corrected chi connectivity index (χ2v) is 7.34. The molecule has 1 aliphatic carbocycles. The second-order valence-electron chi connectivity index (χ2n) is 7.34. The van der Waals surface area contributed by atoms with Gasteiger partial charge in [0.15, 0.2) is 0 Å². The maximum Gasteiger partial charge on any atom is 0.244 e. The molecule has 24 heavy (non-hydrogen) atoms. The zero-order valence-corrected chi connectivity index (χ0v) is 15.1. The number of likely N-dealkylation sites (N-methyl/N-ethyl adjacent to an activating group) is 1. The van der Waals surface area contributed by atoms with Gasteiger partial charge in [0.05, 0.1) is 0 Å². The second kappa shape index (κ2) is 8.13. The number of nitrogens with one attached hydrogen (secondary N) is 1. The standard InChI is InChI=1S/C20H31N3O/c1-3-22(2)19(17-7-5-4-6-8-17)20(24)23-13-11-18(12-14-23)21-15-16-9-10-16/h4-8,16,18-19,21H,3,9-15H2,1-2H3. The van der Waals surface area contributed by atoms with E-state index in [4.69, 9.17) is 0 Å². The summed E-state index contributed by atoms with van der Waals surface area (Å²) in [4.78, 5) is 17.4. The summed E-state index contributed by atoms with van der Waals surface area (Å²) in [6.45, 7) is 5.90. The topological polar surface area (TPSA) is 35.6 Å². The van der Waals surface area contributed by atoms with Crippen LogP contribution in [-0.2, 0) is 4.79 Å². The summed E-state index contributed by atoms with van der Waals surface area (Å²) in [5.41, 5.74) is 1.10. The third kappa shape index (κ3) is 4.37. The Labute approximate surface area is 146 Å². The molecule has 1 aromatic rings. The zero-order valence-electron chi connectivity index (χ0n) is 15.1. The monoisotopic (exact) mass is 329 g/mol. The molecule has 0 radical (unpaired) electrons. The van der Waals surface area contributed by atoms with E-state index in [1.165, 1.54) is 19.4 Å². The van der Waals surface area contributed by atoms with E-state index in [9.17, 15) is 4.79 Å². The molecule has 1 aliphatic heterocycles. The van der Waals surface area contributed by atoms with Crippen LogP contribution in [-0.4, -0.2) is 55.0 Å². The summed E-state index contributed by atoms with van der Waals surface area (Å²) in [6, 6.07) is 10.6. The molecule has 1 heterocycles. The van der Waals surface area contributed by atoms with Crippen LogP contribution in [0.25, 0.3) is 0 Å². The molecule has 1 atom stereocenters. The van der Waals surface area contributed by atoms with Gasteiger partial charge in [-0.3, -0.25) is 9.69 Å². The van der Waals surface area contributed by atoms with Crippen molar-refractivity contribution in [2.24, 2.45) is 5.92 Å². The molecule has 1 aromatic carbocycles. The summed E-state index contributed by atoms with van der Waals surface area (Å²) in [7, 11) is 2.04. The van der Waals surface area contributed by atoms with Crippen LogP contribution in [0.2, 0.25) is 0 Å². The maximum absolute atomic E-state index is 13.1. The molecule has 1 amide bonds. The fourth-order valence-electron chi connectivity index (χ4n) is 3.54. The number of amides is 1. The van der Waals surface area contributed by atoms with Gasteiger partial charge in [-0.15, -0.1) is 0 Å². The van der Waals surface area contributed by atoms with Crippen molar-refractivity contribution in [3.05, 3.63) is 35.9 Å². The van der Waals surface area contributed by atoms with E-state index in [0.717, 1.165) is 44.0 Å². The summed E-state index contributed by atoms with van der Waals surface area (Å²) in [5, 5.41) is 3.69. The van der Waals surface area contributed by atoms with Gasteiger partial charge in [-0.25, -0.2) is 0 Å². The van der Waals surface area contributed by atoms with Gasteiger partial charge in [0.1, 0.15) is 6.04 Å². The molecule has 3 rings (SSSR count). The van der Waals surface area contributed by atoms with E-state index >= 15 is 0 Å². The molecule has 132 valence electrons. The average Bonchev–Trinajstić information content (AvgIpc) is 3.45. The van der Waals surface area contributed by atoms with Gasteiger partial charge in [0, 0.05) is 19.1 Å². The minimum absolute atomic E-state index is 0.160. The highest BCUT2D eigenvalue weighted by Crippen LogP contribution is 2.28. The Bertz CT molecular complexity index is 521. The van der Waals surface area contributed by atoms with Crippen molar-refractivity contribution in [2.75, 3.05) is 33.2 Å². The molecular formula is C20H31N3O. The van der Waals surface area contributed by atoms with E-state index in [1.54, 1.807) is 0 Å². The maximum atomic E-state index is 13.1. The van der Waals surface area contributed by atoms with Gasteiger partial charge in [-0.05, 0) is 57.3 Å². The van der Waals surface area contributed by atoms with Gasteiger partial charge in [-0.2, -0.15) is 0 Å². The van der Waals surface area contributed by atoms with Crippen LogP contribution in [0.1, 0.15) is 44.2 Å². The first-order valence-electron chi connectivity index (χ1n) is 9.46. The number of benzene rings is 1. The molecule has 0 spiro atoms. The Morgan fingerprint density at radius 2 is 1.88 bits per heavy atom. The molecule has 0 bridgehead atoms. The van der Waals surface area contributed by atoms with Crippen LogP contribution in [0.5, 0.6) is 0 Å². The summed E-state index contributed by atoms with van der Waals surface area (Å²) >= 11 is 0. The Morgan fingerprint density at radius 1 is 1.21 bits per heavy atom. The van der Waals surface area contributed by atoms with E-state index in [1.807, 2.05) is 25.2 Å². The lowest BCUT2D eigenvalue weighted by Crippen LogP contribution is -2.48. The van der Waals surface area contributed by atoms with Crippen LogP contribution in [0.15, 0.2) is 30.3 Å². The summed E-state index contributed by atoms with van der Waals surface area (Å²) in [5.74, 6) is 1.18. The highest BCUT2D eigenvalue weighted by atomic mass is 16.2. The van der Waals surface area contributed by atoms with Crippen LogP contribution in [0, 0.1) is 5.92 Å². The zero-order chi connectivity index (χ0) is 16.9. The Kier molecular flexibility index (Phi) is 5.90. The van der Waals surface area contributed by atoms with E-state index in [2.05, 4.69) is 34.2 Å². The molecule has 4 heteroatoms. The van der Waals surface area contributed by atoms with Gasteiger partial charge in [-0.1, -0.05) is 37.3 Å². The van der Waals surface area contributed by atoms with Crippen molar-refractivity contribution in [3.8, 4) is 0 Å². The van der Waals surface area contributed by atoms with Crippen molar-refractivity contribution in [1.82, 2.24) is 15.1 Å². The van der Waals surface area contributed by atoms with Crippen LogP contribution in [0.3, 0.4) is 0 Å². The van der Waals surface area contributed by atoms with E-state index in [-0.39, 0.29) is 11.9 Å². The molecule has 2 fully saturated rings. The van der Waals surface area contributed by atoms with Crippen molar-refractivity contribution < 1.29 is 4.79 Å². The van der Waals surface area contributed by atoms with Gasteiger partial charge in [0.25, 0.3) is 0 Å². The first-order valence-corrected chi connectivity index (χ1v) is 9.46. The van der Waals surface area contributed by atoms with Crippen molar-refractivity contribution in [3.63, 3.8) is 0 Å². The predicted octanol–water partition coefficient (Wildman–Crippen LogP) is 2.67. The lowest BCUT2D eigenvalue weighted by molar-refractivity contribution is -0.138. The molecule has 4 nitrogen and oxygen atoms in total. The first kappa shape index (κ1) is 17.4. The smallest absolute Gasteiger partial charge is 0.244 e. The molecular weight excluding hydrogens is 298 g/mol. The number of likely N-dealkylation sites (tertiary alicyclic amines) is 1. The fourth-order valence-corrected chi connectivity index (χ4v) is 3.54. The number of hydrogen-bond donors (Lipinski definition) is 1. The van der Waals surface area contributed by atoms with Crippen LogP contribution < -0.4 is 5.32 Å². The lowest BCUT2D eigenvalue weighted by atomic mass is 10.0.